The minimum Gasteiger partial charge on any atom is -0.397 e. The molecule has 2 rings (SSSR count). The Labute approximate surface area is 117 Å². The fraction of sp³-hybridized carbons (Fsp3) is 0. The first-order valence-corrected chi connectivity index (χ1v) is 5.78. The Morgan fingerprint density at radius 3 is 2.55 bits per heavy atom. The number of hydrogen-bond donors (Lipinski definition) is 2. The zero-order valence-electron chi connectivity index (χ0n) is 9.88. The topological polar surface area (TPSA) is 55.1 Å². The molecule has 0 bridgehead atoms. The van der Waals surface area contributed by atoms with Crippen LogP contribution in [0.15, 0.2) is 30.3 Å². The molecular formula is C13H8ClF3N2O. The molecular weight excluding hydrogens is 293 g/mol. The lowest BCUT2D eigenvalue weighted by Gasteiger charge is -2.10. The minimum absolute atomic E-state index is 0.245. The summed E-state index contributed by atoms with van der Waals surface area (Å²) in [4.78, 5) is 11.9. The lowest BCUT2D eigenvalue weighted by molar-refractivity contribution is 0.102. The van der Waals surface area contributed by atoms with E-state index < -0.39 is 29.0 Å². The van der Waals surface area contributed by atoms with Gasteiger partial charge in [-0.2, -0.15) is 0 Å². The fourth-order valence-electron chi connectivity index (χ4n) is 1.59. The van der Waals surface area contributed by atoms with Crippen LogP contribution in [0.25, 0.3) is 0 Å². The first-order chi connectivity index (χ1) is 9.40. The quantitative estimate of drug-likeness (QED) is 0.833. The van der Waals surface area contributed by atoms with Gasteiger partial charge in [0, 0.05) is 6.07 Å². The normalized spacial score (nSPS) is 10.4. The van der Waals surface area contributed by atoms with Crippen molar-refractivity contribution < 1.29 is 18.0 Å². The van der Waals surface area contributed by atoms with Crippen molar-refractivity contribution in [2.24, 2.45) is 0 Å². The molecule has 3 nitrogen and oxygen atoms in total. The van der Waals surface area contributed by atoms with Crippen molar-refractivity contribution in [3.8, 4) is 0 Å². The Kier molecular flexibility index (Phi) is 3.85. The van der Waals surface area contributed by atoms with Crippen molar-refractivity contribution in [1.29, 1.82) is 0 Å². The van der Waals surface area contributed by atoms with Crippen molar-refractivity contribution in [1.82, 2.24) is 0 Å². The Balaban J connectivity index is 2.36. The largest absolute Gasteiger partial charge is 0.397 e. The van der Waals surface area contributed by atoms with E-state index in [0.717, 1.165) is 6.07 Å². The smallest absolute Gasteiger partial charge is 0.258 e. The second kappa shape index (κ2) is 5.42. The van der Waals surface area contributed by atoms with E-state index in [1.54, 1.807) is 0 Å². The predicted molar refractivity (Wildman–Crippen MR) is 70.1 cm³/mol. The number of carbonyl (C=O) groups excluding carboxylic acids is 1. The first-order valence-electron chi connectivity index (χ1n) is 5.40. The molecule has 0 unspecified atom stereocenters. The van der Waals surface area contributed by atoms with Crippen molar-refractivity contribution in [3.05, 3.63) is 58.4 Å². The molecule has 0 saturated heterocycles. The number of nitrogens with one attached hydrogen (secondary N) is 1. The van der Waals surface area contributed by atoms with Gasteiger partial charge in [-0.15, -0.1) is 0 Å². The number of nitrogens with two attached hydrogens (primary N) is 1. The number of anilines is 2. The molecule has 0 fully saturated rings. The Bertz CT molecular complexity index is 668. The van der Waals surface area contributed by atoms with E-state index in [-0.39, 0.29) is 16.3 Å². The third-order valence-corrected chi connectivity index (χ3v) is 2.81. The van der Waals surface area contributed by atoms with Crippen molar-refractivity contribution in [2.75, 3.05) is 11.1 Å². The van der Waals surface area contributed by atoms with Crippen LogP contribution in [-0.4, -0.2) is 5.91 Å². The minimum atomic E-state index is -1.06. The highest BCUT2D eigenvalue weighted by molar-refractivity contribution is 6.31. The SMILES string of the molecule is Nc1cc(F)cc(F)c1NC(=O)c1cccc(Cl)c1F. The lowest BCUT2D eigenvalue weighted by atomic mass is 10.2. The van der Waals surface area contributed by atoms with Gasteiger partial charge in [-0.1, -0.05) is 17.7 Å². The molecule has 0 heterocycles. The maximum absolute atomic E-state index is 13.6. The van der Waals surface area contributed by atoms with Crippen molar-refractivity contribution in [3.63, 3.8) is 0 Å². The Morgan fingerprint density at radius 1 is 1.20 bits per heavy atom. The molecule has 2 aromatic rings. The standard InChI is InChI=1S/C13H8ClF3N2O/c14-8-3-1-2-7(11(8)17)13(20)19-12-9(16)4-6(15)5-10(12)18/h1-5H,18H2,(H,19,20). The van der Waals surface area contributed by atoms with Crippen LogP contribution in [0, 0.1) is 17.5 Å². The maximum Gasteiger partial charge on any atom is 0.258 e. The van der Waals surface area contributed by atoms with E-state index in [1.807, 2.05) is 0 Å². The number of benzene rings is 2. The molecule has 3 N–H and O–H groups in total. The van der Waals surface area contributed by atoms with E-state index in [1.165, 1.54) is 18.2 Å². The third kappa shape index (κ3) is 2.70. The highest BCUT2D eigenvalue weighted by Gasteiger charge is 2.17. The van der Waals surface area contributed by atoms with Gasteiger partial charge in [-0.3, -0.25) is 4.79 Å². The van der Waals surface area contributed by atoms with E-state index in [9.17, 15) is 18.0 Å². The number of rotatable bonds is 2. The predicted octanol–water partition coefficient (Wildman–Crippen LogP) is 3.59. The average Bonchev–Trinajstić information content (AvgIpc) is 2.36. The van der Waals surface area contributed by atoms with Gasteiger partial charge in [-0.05, 0) is 18.2 Å². The summed E-state index contributed by atoms with van der Waals surface area (Å²) < 4.78 is 40.0. The molecule has 7 heteroatoms. The van der Waals surface area contributed by atoms with Crippen molar-refractivity contribution >= 4 is 28.9 Å². The van der Waals surface area contributed by atoms with E-state index in [0.29, 0.717) is 6.07 Å². The molecule has 0 aromatic heterocycles. The van der Waals surface area contributed by atoms with Gasteiger partial charge >= 0.3 is 0 Å². The molecule has 20 heavy (non-hydrogen) atoms. The molecule has 2 aromatic carbocycles. The van der Waals surface area contributed by atoms with Gasteiger partial charge in [0.15, 0.2) is 11.6 Å². The summed E-state index contributed by atoms with van der Waals surface area (Å²) >= 11 is 5.54. The summed E-state index contributed by atoms with van der Waals surface area (Å²) in [6.45, 7) is 0. The van der Waals surface area contributed by atoms with Crippen LogP contribution in [-0.2, 0) is 0 Å². The fourth-order valence-corrected chi connectivity index (χ4v) is 1.76. The van der Waals surface area contributed by atoms with E-state index in [4.69, 9.17) is 17.3 Å². The summed E-state index contributed by atoms with van der Waals surface area (Å²) in [5.41, 5.74) is 4.30. The second-order valence-electron chi connectivity index (χ2n) is 3.91. The van der Waals surface area contributed by atoms with Crippen LogP contribution in [0.3, 0.4) is 0 Å². The molecule has 0 aliphatic heterocycles. The van der Waals surface area contributed by atoms with E-state index in [2.05, 4.69) is 5.32 Å². The zero-order valence-corrected chi connectivity index (χ0v) is 10.6. The summed E-state index contributed by atoms with van der Waals surface area (Å²) in [5.74, 6) is -3.82. The summed E-state index contributed by atoms with van der Waals surface area (Å²) in [6, 6.07) is 5.20. The maximum atomic E-state index is 13.6. The summed E-state index contributed by atoms with van der Waals surface area (Å²) in [7, 11) is 0. The van der Waals surface area contributed by atoms with Crippen LogP contribution in [0.5, 0.6) is 0 Å². The number of carbonyl (C=O) groups is 1. The van der Waals surface area contributed by atoms with Crippen LogP contribution >= 0.6 is 11.6 Å². The lowest BCUT2D eigenvalue weighted by Crippen LogP contribution is -2.16. The zero-order chi connectivity index (χ0) is 14.9. The van der Waals surface area contributed by atoms with Crippen LogP contribution < -0.4 is 11.1 Å². The number of hydrogen-bond acceptors (Lipinski definition) is 2. The monoisotopic (exact) mass is 300 g/mol. The van der Waals surface area contributed by atoms with Gasteiger partial charge in [0.05, 0.1) is 16.3 Å². The van der Waals surface area contributed by atoms with Gasteiger partial charge < -0.3 is 11.1 Å². The first kappa shape index (κ1) is 14.2. The third-order valence-electron chi connectivity index (χ3n) is 2.52. The molecule has 0 aliphatic carbocycles. The van der Waals surface area contributed by atoms with Crippen molar-refractivity contribution in [2.45, 2.75) is 0 Å². The van der Waals surface area contributed by atoms with Crippen LogP contribution in [0.2, 0.25) is 5.02 Å². The highest BCUT2D eigenvalue weighted by Crippen LogP contribution is 2.25. The molecule has 1 amide bonds. The summed E-state index contributed by atoms with van der Waals surface area (Å²) in [6.07, 6.45) is 0. The second-order valence-corrected chi connectivity index (χ2v) is 4.31. The number of halogens is 4. The van der Waals surface area contributed by atoms with Crippen LogP contribution in [0.1, 0.15) is 10.4 Å². The Hall–Kier alpha value is -2.21. The molecule has 104 valence electrons. The molecule has 0 atom stereocenters. The average molecular weight is 301 g/mol. The number of amides is 1. The van der Waals surface area contributed by atoms with Gasteiger partial charge in [0.25, 0.3) is 5.91 Å². The van der Waals surface area contributed by atoms with Gasteiger partial charge in [0.1, 0.15) is 11.5 Å². The molecule has 0 spiro atoms. The van der Waals surface area contributed by atoms with Gasteiger partial charge in [-0.25, -0.2) is 13.2 Å². The van der Waals surface area contributed by atoms with E-state index >= 15 is 0 Å². The van der Waals surface area contributed by atoms with Crippen LogP contribution in [0.4, 0.5) is 24.5 Å². The number of nitrogen functional groups attached to an aromatic ring is 1. The Morgan fingerprint density at radius 2 is 1.90 bits per heavy atom. The molecule has 0 radical (unpaired) electrons. The molecule has 0 saturated carbocycles. The molecule has 0 aliphatic rings. The van der Waals surface area contributed by atoms with Gasteiger partial charge in [0.2, 0.25) is 0 Å². The summed E-state index contributed by atoms with van der Waals surface area (Å²) in [5, 5.41) is 1.84. The highest BCUT2D eigenvalue weighted by atomic mass is 35.5.